The van der Waals surface area contributed by atoms with Crippen LogP contribution in [0.5, 0.6) is 0 Å². The fraction of sp³-hybridized carbons (Fsp3) is 0.609. The van der Waals surface area contributed by atoms with Crippen molar-refractivity contribution in [3.05, 3.63) is 52.0 Å². The van der Waals surface area contributed by atoms with E-state index in [4.69, 9.17) is 4.74 Å². The van der Waals surface area contributed by atoms with Crippen molar-refractivity contribution in [2.75, 3.05) is 19.7 Å². The van der Waals surface area contributed by atoms with Gasteiger partial charge in [-0.1, -0.05) is 12.1 Å². The molecule has 2 fully saturated rings. The smallest absolute Gasteiger partial charge is 0.0615 e. The standard InChI is InChI=1S/C23H32N2OS/c1-4-26-19(3)22(10-9-21-6-5-15-27-21)13-14-25(17-22)23(11-12-23)20-8-7-18(2)24-16-20/h5-8,15-16,19H,4,9-14,17H2,1-3H3/t19?,22-/m1/s1. The van der Waals surface area contributed by atoms with E-state index in [-0.39, 0.29) is 11.0 Å². The average Bonchev–Trinajstić information content (AvgIpc) is 3.11. The number of aryl methyl sites for hydroxylation is 2. The predicted molar refractivity (Wildman–Crippen MR) is 112 cm³/mol. The Balaban J connectivity index is 1.52. The third kappa shape index (κ3) is 3.72. The average molecular weight is 385 g/mol. The maximum Gasteiger partial charge on any atom is 0.0615 e. The largest absolute Gasteiger partial charge is 0.378 e. The molecule has 1 unspecified atom stereocenters. The van der Waals surface area contributed by atoms with Gasteiger partial charge in [-0.3, -0.25) is 9.88 Å². The van der Waals surface area contributed by atoms with Gasteiger partial charge in [0.15, 0.2) is 0 Å². The summed E-state index contributed by atoms with van der Waals surface area (Å²) in [5.41, 5.74) is 3.00. The molecule has 4 heteroatoms. The zero-order chi connectivity index (χ0) is 18.9. The Bertz CT molecular complexity index is 738. The van der Waals surface area contributed by atoms with Crippen LogP contribution in [0.2, 0.25) is 0 Å². The van der Waals surface area contributed by atoms with E-state index in [2.05, 4.69) is 66.5 Å². The first-order valence-corrected chi connectivity index (χ1v) is 11.3. The van der Waals surface area contributed by atoms with Crippen LogP contribution in [0.15, 0.2) is 35.8 Å². The van der Waals surface area contributed by atoms with Crippen molar-refractivity contribution in [1.82, 2.24) is 9.88 Å². The lowest BCUT2D eigenvalue weighted by Crippen LogP contribution is -2.41. The molecule has 2 aromatic heterocycles. The minimum Gasteiger partial charge on any atom is -0.378 e. The molecule has 0 bridgehead atoms. The van der Waals surface area contributed by atoms with Crippen LogP contribution in [0.25, 0.3) is 0 Å². The summed E-state index contributed by atoms with van der Waals surface area (Å²) >= 11 is 1.88. The highest BCUT2D eigenvalue weighted by Gasteiger charge is 2.55. The maximum atomic E-state index is 6.17. The molecule has 4 rings (SSSR count). The van der Waals surface area contributed by atoms with E-state index < -0.39 is 0 Å². The fourth-order valence-electron chi connectivity index (χ4n) is 4.90. The zero-order valence-corrected chi connectivity index (χ0v) is 17.7. The molecule has 0 spiro atoms. The van der Waals surface area contributed by atoms with Crippen LogP contribution in [0.4, 0.5) is 0 Å². The molecule has 0 radical (unpaired) electrons. The molecule has 2 aromatic rings. The zero-order valence-electron chi connectivity index (χ0n) is 16.9. The second-order valence-electron chi connectivity index (χ2n) is 8.43. The Labute approximate surface area is 167 Å². The predicted octanol–water partition coefficient (Wildman–Crippen LogP) is 5.19. The molecule has 0 amide bonds. The van der Waals surface area contributed by atoms with Crippen LogP contribution >= 0.6 is 11.3 Å². The van der Waals surface area contributed by atoms with Gasteiger partial charge >= 0.3 is 0 Å². The number of likely N-dealkylation sites (tertiary alicyclic amines) is 1. The number of hydrogen-bond donors (Lipinski definition) is 0. The Hall–Kier alpha value is -1.23. The van der Waals surface area contributed by atoms with Crippen molar-refractivity contribution >= 4 is 11.3 Å². The Morgan fingerprint density at radius 1 is 1.26 bits per heavy atom. The highest BCUT2D eigenvalue weighted by Crippen LogP contribution is 2.55. The summed E-state index contributed by atoms with van der Waals surface area (Å²) in [4.78, 5) is 8.83. The van der Waals surface area contributed by atoms with Crippen LogP contribution in [0.1, 0.15) is 55.7 Å². The van der Waals surface area contributed by atoms with E-state index >= 15 is 0 Å². The molecule has 2 atom stereocenters. The minimum absolute atomic E-state index is 0.233. The summed E-state index contributed by atoms with van der Waals surface area (Å²) < 4.78 is 6.17. The number of pyridine rings is 1. The molecule has 1 aliphatic heterocycles. The van der Waals surface area contributed by atoms with Gasteiger partial charge in [-0.2, -0.15) is 0 Å². The van der Waals surface area contributed by atoms with Crippen molar-refractivity contribution < 1.29 is 4.74 Å². The molecule has 3 nitrogen and oxygen atoms in total. The molecule has 146 valence electrons. The number of rotatable bonds is 8. The maximum absolute atomic E-state index is 6.17. The number of aromatic nitrogens is 1. The van der Waals surface area contributed by atoms with Crippen LogP contribution in [0.3, 0.4) is 0 Å². The van der Waals surface area contributed by atoms with Gasteiger partial charge < -0.3 is 4.74 Å². The SMILES string of the molecule is CCOC(C)[C@]1(CCc2cccs2)CCN(C2(c3ccc(C)nc3)CC2)C1. The van der Waals surface area contributed by atoms with Gasteiger partial charge in [0.25, 0.3) is 0 Å². The molecule has 0 N–H and O–H groups in total. The first-order valence-electron chi connectivity index (χ1n) is 10.4. The Morgan fingerprint density at radius 3 is 2.74 bits per heavy atom. The molecule has 1 saturated heterocycles. The Kier molecular flexibility index (Phi) is 5.41. The van der Waals surface area contributed by atoms with Gasteiger partial charge in [0.2, 0.25) is 0 Å². The quantitative estimate of drug-likeness (QED) is 0.626. The highest BCUT2D eigenvalue weighted by atomic mass is 32.1. The van der Waals surface area contributed by atoms with E-state index in [9.17, 15) is 0 Å². The lowest BCUT2D eigenvalue weighted by atomic mass is 9.77. The van der Waals surface area contributed by atoms with E-state index in [0.29, 0.717) is 6.10 Å². The molecule has 0 aromatic carbocycles. The normalized spacial score (nSPS) is 25.6. The summed E-state index contributed by atoms with van der Waals surface area (Å²) in [6.45, 7) is 9.61. The first kappa shape index (κ1) is 19.1. The van der Waals surface area contributed by atoms with Gasteiger partial charge in [0, 0.05) is 40.9 Å². The van der Waals surface area contributed by atoms with Crippen LogP contribution in [-0.4, -0.2) is 35.7 Å². The third-order valence-electron chi connectivity index (χ3n) is 6.89. The van der Waals surface area contributed by atoms with E-state index in [1.165, 1.54) is 49.1 Å². The molecule has 1 aliphatic carbocycles. The van der Waals surface area contributed by atoms with E-state index in [1.807, 2.05) is 11.3 Å². The number of ether oxygens (including phenoxy) is 1. The summed E-state index contributed by atoms with van der Waals surface area (Å²) in [6.07, 6.45) is 8.57. The van der Waals surface area contributed by atoms with E-state index in [0.717, 1.165) is 18.8 Å². The first-order chi connectivity index (χ1) is 13.1. The molecule has 27 heavy (non-hydrogen) atoms. The highest BCUT2D eigenvalue weighted by molar-refractivity contribution is 7.09. The number of nitrogens with zero attached hydrogens (tertiary/aromatic N) is 2. The third-order valence-corrected chi connectivity index (χ3v) is 7.83. The fourth-order valence-corrected chi connectivity index (χ4v) is 5.61. The minimum atomic E-state index is 0.233. The lowest BCUT2D eigenvalue weighted by Gasteiger charge is -2.37. The molecule has 1 saturated carbocycles. The number of hydrogen-bond acceptors (Lipinski definition) is 4. The van der Waals surface area contributed by atoms with Gasteiger partial charge in [-0.05, 0) is 82.5 Å². The topological polar surface area (TPSA) is 25.4 Å². The summed E-state index contributed by atoms with van der Waals surface area (Å²) in [5.74, 6) is 0. The van der Waals surface area contributed by atoms with Gasteiger partial charge in [0.05, 0.1) is 6.10 Å². The lowest BCUT2D eigenvalue weighted by molar-refractivity contribution is -0.0267. The summed E-state index contributed by atoms with van der Waals surface area (Å²) in [5, 5.41) is 2.19. The van der Waals surface area contributed by atoms with Crippen LogP contribution < -0.4 is 0 Å². The summed E-state index contributed by atoms with van der Waals surface area (Å²) in [7, 11) is 0. The van der Waals surface area contributed by atoms with Crippen molar-refractivity contribution in [1.29, 1.82) is 0 Å². The molecular weight excluding hydrogens is 352 g/mol. The van der Waals surface area contributed by atoms with Gasteiger partial charge in [-0.25, -0.2) is 0 Å². The number of thiophene rings is 1. The van der Waals surface area contributed by atoms with Crippen LogP contribution in [0, 0.1) is 12.3 Å². The van der Waals surface area contributed by atoms with Crippen LogP contribution in [-0.2, 0) is 16.7 Å². The van der Waals surface area contributed by atoms with Gasteiger partial charge in [-0.15, -0.1) is 11.3 Å². The van der Waals surface area contributed by atoms with Crippen molar-refractivity contribution in [3.63, 3.8) is 0 Å². The summed E-state index contributed by atoms with van der Waals surface area (Å²) in [6, 6.07) is 8.91. The second kappa shape index (κ2) is 7.65. The molecule has 3 heterocycles. The van der Waals surface area contributed by atoms with Crippen molar-refractivity contribution in [2.45, 2.75) is 64.5 Å². The van der Waals surface area contributed by atoms with Crippen molar-refractivity contribution in [3.8, 4) is 0 Å². The molecular formula is C23H32N2OS. The monoisotopic (exact) mass is 384 g/mol. The van der Waals surface area contributed by atoms with Crippen molar-refractivity contribution in [2.24, 2.45) is 5.41 Å². The Morgan fingerprint density at radius 2 is 2.11 bits per heavy atom. The van der Waals surface area contributed by atoms with E-state index in [1.54, 1.807) is 0 Å². The molecule has 2 aliphatic rings. The second-order valence-corrected chi connectivity index (χ2v) is 9.46. The van der Waals surface area contributed by atoms with Gasteiger partial charge in [0.1, 0.15) is 0 Å².